The summed E-state index contributed by atoms with van der Waals surface area (Å²) in [5.41, 5.74) is 0. The van der Waals surface area contributed by atoms with Crippen LogP contribution < -0.4 is 0 Å². The van der Waals surface area contributed by atoms with E-state index in [1.54, 1.807) is 0 Å². The van der Waals surface area contributed by atoms with Crippen molar-refractivity contribution in [3.63, 3.8) is 0 Å². The van der Waals surface area contributed by atoms with Crippen molar-refractivity contribution in [2.45, 2.75) is 195 Å². The first-order valence-corrected chi connectivity index (χ1v) is 22.2. The van der Waals surface area contributed by atoms with Crippen LogP contribution in [-0.2, 0) is 14.4 Å². The summed E-state index contributed by atoms with van der Waals surface area (Å²) >= 11 is 0. The summed E-state index contributed by atoms with van der Waals surface area (Å²) < 4.78 is 41.1. The van der Waals surface area contributed by atoms with Gasteiger partial charge in [-0.15, -0.1) is 0 Å². The van der Waals surface area contributed by atoms with Crippen LogP contribution in [0.1, 0.15) is 195 Å². The zero-order valence-corrected chi connectivity index (χ0v) is 29.5. The van der Waals surface area contributed by atoms with Gasteiger partial charge in [0.15, 0.2) is 0 Å². The Balaban J connectivity index is 5.09. The number of hydrogen-bond acceptors (Lipinski definition) is 3. The van der Waals surface area contributed by atoms with Crippen molar-refractivity contribution in [2.24, 2.45) is 0 Å². The van der Waals surface area contributed by atoms with Crippen LogP contribution in [0, 0.1) is 0 Å². The molecule has 0 spiro atoms. The first-order chi connectivity index (χ1) is 19.3. The molecule has 0 bridgehead atoms. The maximum atomic E-state index is 12.4. The molecule has 0 saturated carbocycles. The molecule has 0 aromatic carbocycles. The van der Waals surface area contributed by atoms with Crippen molar-refractivity contribution in [3.8, 4) is 0 Å². The molecule has 0 aromatic heterocycles. The van der Waals surface area contributed by atoms with Crippen molar-refractivity contribution >= 4 is 17.2 Å². The summed E-state index contributed by atoms with van der Waals surface area (Å²) in [4.78, 5) is 0. The Morgan fingerprint density at radius 2 is 0.600 bits per heavy atom. The van der Waals surface area contributed by atoms with E-state index in [0.717, 1.165) is 76.0 Å². The molecule has 40 heavy (non-hydrogen) atoms. The van der Waals surface area contributed by atoms with Crippen LogP contribution in [0.15, 0.2) is 0 Å². The Bertz CT molecular complexity index is 618. The molecule has 0 rings (SSSR count). The van der Waals surface area contributed by atoms with Crippen molar-refractivity contribution < 1.29 is 16.9 Å². The molecular formula is C34H73O4PS. The molecule has 0 aliphatic carbocycles. The zero-order valence-electron chi connectivity index (χ0n) is 27.7. The first-order valence-electron chi connectivity index (χ1n) is 18.0. The van der Waals surface area contributed by atoms with Crippen molar-refractivity contribution in [1.29, 1.82) is 0 Å². The van der Waals surface area contributed by atoms with Crippen LogP contribution in [-0.4, -0.2) is 37.6 Å². The van der Waals surface area contributed by atoms with Crippen LogP contribution in [0.5, 0.6) is 0 Å². The van der Waals surface area contributed by atoms with E-state index in [4.69, 9.17) is 3.97 Å². The number of rotatable bonds is 32. The molecule has 244 valence electrons. The van der Waals surface area contributed by atoms with E-state index in [1.807, 2.05) is 0 Å². The van der Waals surface area contributed by atoms with E-state index < -0.39 is 17.2 Å². The van der Waals surface area contributed by atoms with Gasteiger partial charge in [-0.05, 0) is 0 Å². The van der Waals surface area contributed by atoms with Gasteiger partial charge in [0.1, 0.15) is 0 Å². The number of unbranched alkanes of at least 4 members (excludes halogenated alkanes) is 22. The normalized spacial score (nSPS) is 13.5. The summed E-state index contributed by atoms with van der Waals surface area (Å²) in [5.74, 6) is 0. The molecule has 1 N–H and O–H groups in total. The van der Waals surface area contributed by atoms with Crippen LogP contribution >= 0.6 is 6.83 Å². The predicted octanol–water partition coefficient (Wildman–Crippen LogP) is 12.5. The third-order valence-corrected chi connectivity index (χ3v) is 17.3. The van der Waals surface area contributed by atoms with E-state index >= 15 is 0 Å². The topological polar surface area (TPSA) is 63.6 Å². The Labute approximate surface area is 252 Å². The third-order valence-electron chi connectivity index (χ3n) is 9.11. The van der Waals surface area contributed by atoms with E-state index in [-0.39, 0.29) is 0 Å². The molecule has 0 amide bonds. The summed E-state index contributed by atoms with van der Waals surface area (Å²) in [7, 11) is -4.48. The van der Waals surface area contributed by atoms with Gasteiger partial charge in [0.25, 0.3) is 0 Å². The summed E-state index contributed by atoms with van der Waals surface area (Å²) in [5, 5.41) is 0. The second-order valence-corrected chi connectivity index (χ2v) is 20.0. The molecular weight excluding hydrogens is 535 g/mol. The molecule has 0 atom stereocenters. The second-order valence-electron chi connectivity index (χ2n) is 13.0. The summed E-state index contributed by atoms with van der Waals surface area (Å²) in [6.45, 7) is 5.86. The fraction of sp³-hybridized carbons (Fsp3) is 1.00. The minimum atomic E-state index is -4.48. The van der Waals surface area contributed by atoms with Crippen molar-refractivity contribution in [2.75, 3.05) is 24.6 Å². The van der Waals surface area contributed by atoms with Crippen LogP contribution in [0.3, 0.4) is 0 Å². The fourth-order valence-electron chi connectivity index (χ4n) is 6.61. The van der Waals surface area contributed by atoms with Gasteiger partial charge in [0.05, 0.1) is 0 Å². The average Bonchev–Trinajstić information content (AvgIpc) is 2.91. The second kappa shape index (κ2) is 25.8. The van der Waals surface area contributed by atoms with Crippen molar-refractivity contribution in [3.05, 3.63) is 0 Å². The van der Waals surface area contributed by atoms with E-state index in [1.165, 1.54) is 116 Å². The van der Waals surface area contributed by atoms with Gasteiger partial charge in [-0.2, -0.15) is 0 Å². The minimum absolute atomic E-state index is 0.877. The average molecular weight is 609 g/mol. The third kappa shape index (κ3) is 21.9. The van der Waals surface area contributed by atoms with Crippen LogP contribution in [0.2, 0.25) is 0 Å². The quantitative estimate of drug-likeness (QED) is 0.0469. The van der Waals surface area contributed by atoms with E-state index in [9.17, 15) is 13.0 Å². The first kappa shape index (κ1) is 40.3. The molecule has 0 aromatic rings. The molecule has 0 radical (unpaired) electrons. The summed E-state index contributed by atoms with van der Waals surface area (Å²) in [6.07, 6.45) is 35.6. The van der Waals surface area contributed by atoms with Gasteiger partial charge in [-0.25, -0.2) is 0 Å². The van der Waals surface area contributed by atoms with Gasteiger partial charge >= 0.3 is 227 Å². The zero-order chi connectivity index (χ0) is 29.9. The van der Waals surface area contributed by atoms with Gasteiger partial charge < -0.3 is 0 Å². The number of hydrogen-bond donors (Lipinski definition) is 1. The Morgan fingerprint density at radius 3 is 0.825 bits per heavy atom. The van der Waals surface area contributed by atoms with Crippen molar-refractivity contribution in [1.82, 2.24) is 0 Å². The Kier molecular flexibility index (Phi) is 26.0. The molecule has 0 aliphatic heterocycles. The molecule has 0 saturated heterocycles. The monoisotopic (exact) mass is 608 g/mol. The van der Waals surface area contributed by atoms with E-state index in [0.29, 0.717) is 0 Å². The van der Waals surface area contributed by atoms with Crippen LogP contribution in [0.4, 0.5) is 0 Å². The standard InChI is InChI=1S/C34H73O4PS/c1-5-9-13-17-18-19-20-21-22-23-24-25-26-30-34-39(38-40(35,36)37,31-27-14-10-6-2,32-28-15-11-7-3)33-29-16-12-8-4/h5-34H2,1-4H3,(H,35,36,37). The maximum absolute atomic E-state index is 12.4. The Hall–Kier alpha value is 0.300. The van der Waals surface area contributed by atoms with Crippen LogP contribution in [0.25, 0.3) is 0 Å². The van der Waals surface area contributed by atoms with Gasteiger partial charge in [0, 0.05) is 0 Å². The van der Waals surface area contributed by atoms with E-state index in [2.05, 4.69) is 27.7 Å². The molecule has 6 heteroatoms. The SMILES string of the molecule is CCCCCCCCCCCCCCCCP(CCCCCC)(CCCCCC)(CCCCCC)OS(=O)(=O)O. The van der Waals surface area contributed by atoms with Gasteiger partial charge in [-0.3, -0.25) is 0 Å². The van der Waals surface area contributed by atoms with Gasteiger partial charge in [-0.1, -0.05) is 26.2 Å². The Morgan fingerprint density at radius 1 is 0.400 bits per heavy atom. The molecule has 0 aliphatic rings. The molecule has 0 unspecified atom stereocenters. The fourth-order valence-corrected chi connectivity index (χ4v) is 15.4. The van der Waals surface area contributed by atoms with Gasteiger partial charge in [0.2, 0.25) is 0 Å². The molecule has 0 fully saturated rings. The molecule has 4 nitrogen and oxygen atoms in total. The summed E-state index contributed by atoms with van der Waals surface area (Å²) in [6, 6.07) is 0. The predicted molar refractivity (Wildman–Crippen MR) is 182 cm³/mol. The molecule has 0 heterocycles.